The van der Waals surface area contributed by atoms with Crippen LogP contribution in [0.15, 0.2) is 248 Å². The van der Waals surface area contributed by atoms with Crippen LogP contribution < -0.4 is 10.2 Å². The maximum absolute atomic E-state index is 5.18. The Hall–Kier alpha value is -8.47. The van der Waals surface area contributed by atoms with Gasteiger partial charge in [0.05, 0.1) is 28.3 Å². The van der Waals surface area contributed by atoms with Gasteiger partial charge in [-0.2, -0.15) is 0 Å². The van der Waals surface area contributed by atoms with Crippen molar-refractivity contribution >= 4 is 39.4 Å². The van der Waals surface area contributed by atoms with E-state index in [1.807, 2.05) is 6.07 Å². The van der Waals surface area contributed by atoms with Crippen molar-refractivity contribution in [2.75, 3.05) is 4.90 Å². The minimum Gasteiger partial charge on any atom is -0.360 e. The van der Waals surface area contributed by atoms with Gasteiger partial charge in [0.25, 0.3) is 0 Å². The average Bonchev–Trinajstić information content (AvgIpc) is 3.66. The molecule has 0 saturated heterocycles. The van der Waals surface area contributed by atoms with E-state index >= 15 is 0 Å². The van der Waals surface area contributed by atoms with E-state index in [9.17, 15) is 0 Å². The number of hydrogen-bond donors (Lipinski definition) is 1. The van der Waals surface area contributed by atoms with Crippen molar-refractivity contribution in [1.82, 2.24) is 9.88 Å². The van der Waals surface area contributed by atoms with Gasteiger partial charge < -0.3 is 14.8 Å². The molecule has 4 nitrogen and oxygen atoms in total. The Morgan fingerprint density at radius 1 is 0.406 bits per heavy atom. The highest BCUT2D eigenvalue weighted by atomic mass is 15.2. The van der Waals surface area contributed by atoms with Crippen LogP contribution in [0.5, 0.6) is 0 Å². The lowest BCUT2D eigenvalue weighted by Gasteiger charge is -2.28. The summed E-state index contributed by atoms with van der Waals surface area (Å²) in [5, 5.41) is 5.00. The predicted octanol–water partition coefficient (Wildman–Crippen LogP) is 15.2. The molecule has 2 aliphatic rings. The molecule has 0 saturated carbocycles. The number of fused-ring (bicyclic) bond motifs is 7. The van der Waals surface area contributed by atoms with Crippen LogP contribution in [-0.2, 0) is 0 Å². The fraction of sp³-hybridized carbons (Fsp3) is 0.0167. The number of hydrogen-bond acceptors (Lipinski definition) is 3. The van der Waals surface area contributed by atoms with Crippen molar-refractivity contribution in [3.8, 4) is 50.3 Å². The Labute approximate surface area is 373 Å². The zero-order valence-electron chi connectivity index (χ0n) is 35.0. The zero-order valence-corrected chi connectivity index (χ0v) is 35.0. The molecule has 3 heterocycles. The smallest absolute Gasteiger partial charge is 0.145 e. The third kappa shape index (κ3) is 6.43. The second-order valence-electron chi connectivity index (χ2n) is 16.4. The van der Waals surface area contributed by atoms with E-state index in [2.05, 4.69) is 251 Å². The second kappa shape index (κ2) is 15.8. The van der Waals surface area contributed by atoms with Gasteiger partial charge in [0, 0.05) is 39.1 Å². The van der Waals surface area contributed by atoms with Crippen molar-refractivity contribution < 1.29 is 0 Å². The Balaban J connectivity index is 0.975. The molecule has 10 aromatic rings. The average molecular weight is 819 g/mol. The van der Waals surface area contributed by atoms with Crippen LogP contribution in [0.3, 0.4) is 0 Å². The van der Waals surface area contributed by atoms with Crippen molar-refractivity contribution in [1.29, 1.82) is 0 Å². The zero-order chi connectivity index (χ0) is 42.4. The van der Waals surface area contributed by atoms with E-state index in [0.717, 1.165) is 62.0 Å². The lowest BCUT2D eigenvalue weighted by Crippen LogP contribution is -2.24. The lowest BCUT2D eigenvalue weighted by atomic mass is 9.92. The molecule has 0 spiro atoms. The second-order valence-corrected chi connectivity index (χ2v) is 16.4. The van der Waals surface area contributed by atoms with Gasteiger partial charge in [-0.25, -0.2) is 0 Å². The number of aromatic nitrogens is 1. The number of rotatable bonds is 7. The highest BCUT2D eigenvalue weighted by molar-refractivity contribution is 6.14. The van der Waals surface area contributed by atoms with Crippen molar-refractivity contribution in [2.24, 2.45) is 4.99 Å². The molecular weight excluding hydrogens is 777 g/mol. The molecule has 2 aliphatic heterocycles. The van der Waals surface area contributed by atoms with E-state index in [4.69, 9.17) is 4.99 Å². The summed E-state index contributed by atoms with van der Waals surface area (Å²) in [4.78, 5) is 7.63. The summed E-state index contributed by atoms with van der Waals surface area (Å²) in [6, 6.07) is 85.0. The number of benzene rings is 9. The van der Waals surface area contributed by atoms with Crippen LogP contribution in [0.4, 0.5) is 17.1 Å². The van der Waals surface area contributed by atoms with Gasteiger partial charge >= 0.3 is 0 Å². The molecule has 0 amide bonds. The fourth-order valence-corrected chi connectivity index (χ4v) is 9.68. The summed E-state index contributed by atoms with van der Waals surface area (Å²) >= 11 is 0. The van der Waals surface area contributed by atoms with Gasteiger partial charge in [0.2, 0.25) is 0 Å². The fourth-order valence-electron chi connectivity index (χ4n) is 9.68. The number of allylic oxidation sites excluding steroid dienone is 1. The highest BCUT2D eigenvalue weighted by Crippen LogP contribution is 2.54. The number of aliphatic imine (C=N–C) groups is 1. The summed E-state index contributed by atoms with van der Waals surface area (Å²) in [5.74, 6) is 0. The van der Waals surface area contributed by atoms with Crippen LogP contribution in [-0.4, -0.2) is 10.3 Å². The van der Waals surface area contributed by atoms with Gasteiger partial charge in [-0.05, 0) is 93.6 Å². The van der Waals surface area contributed by atoms with Gasteiger partial charge in [-0.15, -0.1) is 0 Å². The highest BCUT2D eigenvalue weighted by Gasteiger charge is 2.31. The largest absolute Gasteiger partial charge is 0.360 e. The molecule has 12 rings (SSSR count). The molecule has 1 unspecified atom stereocenters. The van der Waals surface area contributed by atoms with E-state index in [0.29, 0.717) is 0 Å². The number of nitrogens with zero attached hydrogens (tertiary/aromatic N) is 3. The number of anilines is 3. The molecule has 0 radical (unpaired) electrons. The minimum atomic E-state index is -0.211. The van der Waals surface area contributed by atoms with Gasteiger partial charge in [-0.1, -0.05) is 188 Å². The summed E-state index contributed by atoms with van der Waals surface area (Å²) in [5.41, 5.74) is 20.5. The molecule has 4 heteroatoms. The molecule has 64 heavy (non-hydrogen) atoms. The monoisotopic (exact) mass is 818 g/mol. The predicted molar refractivity (Wildman–Crippen MR) is 267 cm³/mol. The normalized spacial score (nSPS) is 14.1. The molecular formula is C60H42N4. The van der Waals surface area contributed by atoms with E-state index < -0.39 is 0 Å². The Bertz CT molecular complexity index is 3420. The van der Waals surface area contributed by atoms with Crippen LogP contribution in [0.2, 0.25) is 0 Å². The van der Waals surface area contributed by atoms with E-state index in [1.54, 1.807) is 0 Å². The van der Waals surface area contributed by atoms with Crippen molar-refractivity contribution in [3.05, 3.63) is 259 Å². The number of nitrogens with one attached hydrogen (secondary N) is 1. The maximum Gasteiger partial charge on any atom is 0.145 e. The summed E-state index contributed by atoms with van der Waals surface area (Å²) in [6.45, 7) is 0. The standard InChI is InChI=1S/C60H42N4/c1-4-20-41(21-5-1)53-40-54(62-60(61-53)42-22-6-2-7-23-42)45-26-18-24-43(38-45)48-30-10-11-31-49(48)44-25-19-29-47(39-44)63-55-35-15-12-32-50(55)58-51-33-13-16-36-56(51)64(46-27-8-3-9-28-46)59(58)52-34-14-17-37-57(52)63/h1-40,60,62H. The van der Waals surface area contributed by atoms with Crippen LogP contribution in [0.1, 0.15) is 22.9 Å². The topological polar surface area (TPSA) is 32.6 Å². The van der Waals surface area contributed by atoms with Crippen LogP contribution in [0.25, 0.3) is 66.9 Å². The molecule has 1 N–H and O–H groups in total. The SMILES string of the molecule is C1=C(c2cccc(-c3ccccc3-c3cccc(N4c5ccccc5-c5c(n(-c6ccccc6)c6ccccc56)-c5ccccc54)c3)c2)NC(c2ccccc2)N=C1c1ccccc1. The van der Waals surface area contributed by atoms with Gasteiger partial charge in [-0.3, -0.25) is 4.99 Å². The summed E-state index contributed by atoms with van der Waals surface area (Å²) in [7, 11) is 0. The summed E-state index contributed by atoms with van der Waals surface area (Å²) in [6.07, 6.45) is 1.97. The lowest BCUT2D eigenvalue weighted by molar-refractivity contribution is 0.664. The number of para-hydroxylation sites is 4. The molecule has 1 atom stereocenters. The van der Waals surface area contributed by atoms with E-state index in [1.165, 1.54) is 44.4 Å². The van der Waals surface area contributed by atoms with Crippen molar-refractivity contribution in [3.63, 3.8) is 0 Å². The molecule has 1 aromatic heterocycles. The quantitative estimate of drug-likeness (QED) is 0.174. The Kier molecular flexibility index (Phi) is 9.19. The Morgan fingerprint density at radius 2 is 0.938 bits per heavy atom. The van der Waals surface area contributed by atoms with E-state index in [-0.39, 0.29) is 6.17 Å². The maximum atomic E-state index is 5.18. The van der Waals surface area contributed by atoms with Gasteiger partial charge in [0.15, 0.2) is 0 Å². The molecule has 0 aliphatic carbocycles. The Morgan fingerprint density at radius 3 is 1.69 bits per heavy atom. The molecule has 9 aromatic carbocycles. The first kappa shape index (κ1) is 37.3. The van der Waals surface area contributed by atoms with Gasteiger partial charge in [0.1, 0.15) is 6.17 Å². The third-order valence-electron chi connectivity index (χ3n) is 12.6. The molecule has 0 bridgehead atoms. The van der Waals surface area contributed by atoms with Crippen LogP contribution >= 0.6 is 0 Å². The summed E-state index contributed by atoms with van der Waals surface area (Å²) < 4.78 is 2.44. The van der Waals surface area contributed by atoms with Crippen LogP contribution in [0, 0.1) is 0 Å². The molecule has 0 fully saturated rings. The minimum absolute atomic E-state index is 0.211. The van der Waals surface area contributed by atoms with Crippen molar-refractivity contribution in [2.45, 2.75) is 6.17 Å². The molecule has 302 valence electrons. The first-order valence-electron chi connectivity index (χ1n) is 21.9. The first-order chi connectivity index (χ1) is 31.8. The first-order valence-corrected chi connectivity index (χ1v) is 21.9. The third-order valence-corrected chi connectivity index (χ3v) is 12.6.